The summed E-state index contributed by atoms with van der Waals surface area (Å²) in [7, 11) is 0. The van der Waals surface area contributed by atoms with E-state index in [2.05, 4.69) is 11.8 Å². The Balaban J connectivity index is 2.90. The Bertz CT molecular complexity index is 86.3. The van der Waals surface area contributed by atoms with Crippen LogP contribution in [0.5, 0.6) is 0 Å². The molecule has 0 aromatic rings. The maximum Gasteiger partial charge on any atom is 0.0831 e. The molecule has 0 aliphatic rings. The van der Waals surface area contributed by atoms with Crippen molar-refractivity contribution in [2.24, 2.45) is 0 Å². The molecule has 0 atom stereocenters. The summed E-state index contributed by atoms with van der Waals surface area (Å²) in [5.41, 5.74) is 0. The van der Waals surface area contributed by atoms with Gasteiger partial charge in [0.25, 0.3) is 0 Å². The lowest BCUT2D eigenvalue weighted by Crippen LogP contribution is -1.75. The van der Waals surface area contributed by atoms with Crippen molar-refractivity contribution < 1.29 is 5.11 Å². The van der Waals surface area contributed by atoms with Crippen LogP contribution in [-0.4, -0.2) is 6.61 Å². The van der Waals surface area contributed by atoms with Gasteiger partial charge in [0.2, 0.25) is 0 Å². The minimum atomic E-state index is 0.0123. The van der Waals surface area contributed by atoms with E-state index in [1.54, 1.807) is 0 Å². The molecular weight excluding hydrogens is 100 g/mol. The van der Waals surface area contributed by atoms with Crippen LogP contribution in [-0.2, 0) is 5.11 Å². The Labute approximate surface area is 50.7 Å². The van der Waals surface area contributed by atoms with Crippen LogP contribution in [0.1, 0.15) is 26.2 Å². The summed E-state index contributed by atoms with van der Waals surface area (Å²) in [6, 6.07) is 0. The van der Waals surface area contributed by atoms with Crippen LogP contribution in [0.15, 0.2) is 0 Å². The molecule has 0 aliphatic heterocycles. The van der Waals surface area contributed by atoms with Crippen molar-refractivity contribution >= 4 is 0 Å². The third kappa shape index (κ3) is 5.52. The summed E-state index contributed by atoms with van der Waals surface area (Å²) in [4.78, 5) is 0. The van der Waals surface area contributed by atoms with Crippen LogP contribution in [0.3, 0.4) is 0 Å². The molecule has 1 radical (unpaired) electrons. The average Bonchev–Trinajstić information content (AvgIpc) is 1.81. The van der Waals surface area contributed by atoms with Crippen LogP contribution in [0.25, 0.3) is 0 Å². The quantitative estimate of drug-likeness (QED) is 0.381. The van der Waals surface area contributed by atoms with Crippen molar-refractivity contribution in [3.05, 3.63) is 0 Å². The first kappa shape index (κ1) is 7.52. The number of unbranched alkanes of at least 4 members (excludes halogenated alkanes) is 1. The van der Waals surface area contributed by atoms with Gasteiger partial charge in [0.1, 0.15) is 0 Å². The topological polar surface area (TPSA) is 19.9 Å². The Hall–Kier alpha value is -0.480. The monoisotopic (exact) mass is 111 g/mol. The lowest BCUT2D eigenvalue weighted by Gasteiger charge is -1.79. The van der Waals surface area contributed by atoms with E-state index in [1.807, 2.05) is 6.92 Å². The summed E-state index contributed by atoms with van der Waals surface area (Å²) >= 11 is 0. The van der Waals surface area contributed by atoms with E-state index in [0.717, 1.165) is 12.8 Å². The van der Waals surface area contributed by atoms with Crippen molar-refractivity contribution in [3.63, 3.8) is 0 Å². The van der Waals surface area contributed by atoms with Crippen molar-refractivity contribution in [2.75, 3.05) is 6.61 Å². The molecule has 0 amide bonds. The van der Waals surface area contributed by atoms with Gasteiger partial charge in [-0.25, -0.2) is 5.11 Å². The van der Waals surface area contributed by atoms with Crippen LogP contribution >= 0.6 is 0 Å². The molecule has 8 heavy (non-hydrogen) atoms. The van der Waals surface area contributed by atoms with Gasteiger partial charge in [0, 0.05) is 12.8 Å². The van der Waals surface area contributed by atoms with Crippen LogP contribution in [0.4, 0.5) is 0 Å². The first-order chi connectivity index (χ1) is 3.91. The summed E-state index contributed by atoms with van der Waals surface area (Å²) < 4.78 is 0. The van der Waals surface area contributed by atoms with Crippen LogP contribution < -0.4 is 0 Å². The van der Waals surface area contributed by atoms with Gasteiger partial charge in [-0.15, -0.1) is 11.8 Å². The minimum Gasteiger partial charge on any atom is -0.237 e. The number of rotatable bonds is 2. The van der Waals surface area contributed by atoms with E-state index in [9.17, 15) is 5.11 Å². The fraction of sp³-hybridized carbons (Fsp3) is 0.714. The van der Waals surface area contributed by atoms with Crippen molar-refractivity contribution in [1.29, 1.82) is 0 Å². The molecule has 45 valence electrons. The minimum absolute atomic E-state index is 0.0123. The SMILES string of the molecule is CCC#CCCC[O]. The molecule has 0 saturated carbocycles. The average molecular weight is 111 g/mol. The zero-order chi connectivity index (χ0) is 6.24. The third-order valence-electron chi connectivity index (χ3n) is 0.748. The van der Waals surface area contributed by atoms with E-state index in [0.29, 0.717) is 6.42 Å². The van der Waals surface area contributed by atoms with Crippen LogP contribution in [0.2, 0.25) is 0 Å². The summed E-state index contributed by atoms with van der Waals surface area (Å²) in [5, 5.41) is 9.83. The second-order valence-corrected chi connectivity index (χ2v) is 1.51. The molecule has 1 heteroatoms. The molecule has 0 aliphatic carbocycles. The Morgan fingerprint density at radius 2 is 2.12 bits per heavy atom. The fourth-order valence-electron chi connectivity index (χ4n) is 0.374. The summed E-state index contributed by atoms with van der Waals surface area (Å²) in [6.45, 7) is 2.02. The van der Waals surface area contributed by atoms with E-state index in [1.165, 1.54) is 0 Å². The highest BCUT2D eigenvalue weighted by Crippen LogP contribution is 1.82. The lowest BCUT2D eigenvalue weighted by atomic mass is 10.3. The standard InChI is InChI=1S/C7H11O/c1-2-3-4-5-6-7-8/h2,5-7H2,1H3. The fourth-order valence-corrected chi connectivity index (χ4v) is 0.374. The first-order valence-electron chi connectivity index (χ1n) is 2.95. The smallest absolute Gasteiger partial charge is 0.0831 e. The number of hydrogen-bond donors (Lipinski definition) is 0. The van der Waals surface area contributed by atoms with Gasteiger partial charge in [0.05, 0.1) is 6.61 Å². The van der Waals surface area contributed by atoms with Gasteiger partial charge in [-0.3, -0.25) is 0 Å². The highest BCUT2D eigenvalue weighted by Gasteiger charge is 1.76. The Morgan fingerprint density at radius 3 is 2.62 bits per heavy atom. The van der Waals surface area contributed by atoms with Gasteiger partial charge >= 0.3 is 0 Å². The summed E-state index contributed by atoms with van der Waals surface area (Å²) in [6.07, 6.45) is 2.38. The molecule has 1 nitrogen and oxygen atoms in total. The van der Waals surface area contributed by atoms with Crippen molar-refractivity contribution in [1.82, 2.24) is 0 Å². The zero-order valence-electron chi connectivity index (χ0n) is 5.24. The largest absolute Gasteiger partial charge is 0.237 e. The van der Waals surface area contributed by atoms with E-state index in [4.69, 9.17) is 0 Å². The van der Waals surface area contributed by atoms with Gasteiger partial charge in [-0.2, -0.15) is 0 Å². The summed E-state index contributed by atoms with van der Waals surface area (Å²) in [5.74, 6) is 5.78. The second-order valence-electron chi connectivity index (χ2n) is 1.51. The molecule has 0 heterocycles. The maximum absolute atomic E-state index is 9.83. The van der Waals surface area contributed by atoms with Gasteiger partial charge in [-0.05, 0) is 6.42 Å². The van der Waals surface area contributed by atoms with Gasteiger partial charge in [0.15, 0.2) is 0 Å². The van der Waals surface area contributed by atoms with Crippen molar-refractivity contribution in [3.8, 4) is 11.8 Å². The first-order valence-corrected chi connectivity index (χ1v) is 2.95. The maximum atomic E-state index is 9.83. The van der Waals surface area contributed by atoms with Crippen molar-refractivity contribution in [2.45, 2.75) is 26.2 Å². The predicted octanol–water partition coefficient (Wildman–Crippen LogP) is 1.61. The molecule has 0 aromatic heterocycles. The Morgan fingerprint density at radius 1 is 1.38 bits per heavy atom. The molecule has 0 rings (SSSR count). The van der Waals surface area contributed by atoms with E-state index in [-0.39, 0.29) is 6.61 Å². The normalized spacial score (nSPS) is 7.75. The number of hydrogen-bond acceptors (Lipinski definition) is 0. The molecule has 0 bridgehead atoms. The molecule has 0 unspecified atom stereocenters. The van der Waals surface area contributed by atoms with E-state index >= 15 is 0 Å². The molecule has 0 spiro atoms. The van der Waals surface area contributed by atoms with Gasteiger partial charge < -0.3 is 0 Å². The Kier molecular flexibility index (Phi) is 6.13. The second kappa shape index (κ2) is 6.52. The highest BCUT2D eigenvalue weighted by atomic mass is 16.2. The van der Waals surface area contributed by atoms with Crippen LogP contribution in [0, 0.1) is 11.8 Å². The molecule has 0 N–H and O–H groups in total. The molecule has 0 saturated heterocycles. The van der Waals surface area contributed by atoms with Gasteiger partial charge in [-0.1, -0.05) is 6.92 Å². The highest BCUT2D eigenvalue weighted by molar-refractivity contribution is 4.97. The zero-order valence-corrected chi connectivity index (χ0v) is 5.24. The molecule has 0 fully saturated rings. The third-order valence-corrected chi connectivity index (χ3v) is 0.748. The van der Waals surface area contributed by atoms with E-state index < -0.39 is 0 Å². The predicted molar refractivity (Wildman–Crippen MR) is 32.9 cm³/mol. The molecular formula is C7H11O. The molecule has 0 aromatic carbocycles. The lowest BCUT2D eigenvalue weighted by molar-refractivity contribution is 0.190.